The average Bonchev–Trinajstić information content (AvgIpc) is 3.05. The molecule has 0 saturated heterocycles. The lowest BCUT2D eigenvalue weighted by Gasteiger charge is -2.19. The Morgan fingerprint density at radius 1 is 1.29 bits per heavy atom. The molecule has 0 N–H and O–H groups in total. The smallest absolute Gasteiger partial charge is 0.436 e. The van der Waals surface area contributed by atoms with Crippen molar-refractivity contribution in [3.8, 4) is 17.5 Å². The molecule has 0 spiro atoms. The molecular formula is C19H20F3N3O3. The second-order valence-corrected chi connectivity index (χ2v) is 7.20. The minimum absolute atomic E-state index is 0.0697. The van der Waals surface area contributed by atoms with E-state index in [1.54, 1.807) is 0 Å². The number of rotatable bonds is 5. The fourth-order valence-electron chi connectivity index (χ4n) is 2.24. The van der Waals surface area contributed by atoms with Gasteiger partial charge in [0.1, 0.15) is 17.4 Å². The Labute approximate surface area is 160 Å². The number of ether oxygens (including phenoxy) is 2. The van der Waals surface area contributed by atoms with Gasteiger partial charge in [-0.2, -0.15) is 23.5 Å². The number of alkyl halides is 3. The van der Waals surface area contributed by atoms with E-state index in [9.17, 15) is 23.2 Å². The monoisotopic (exact) mass is 395 g/mol. The van der Waals surface area contributed by atoms with Gasteiger partial charge in [0.25, 0.3) is 0 Å². The van der Waals surface area contributed by atoms with Crippen LogP contribution in [0.25, 0.3) is 5.69 Å². The molecule has 0 saturated carbocycles. The molecule has 1 aromatic carbocycles. The maximum atomic E-state index is 13.2. The van der Waals surface area contributed by atoms with Crippen molar-refractivity contribution >= 4 is 5.97 Å². The van der Waals surface area contributed by atoms with Gasteiger partial charge in [-0.25, -0.2) is 9.48 Å². The van der Waals surface area contributed by atoms with Gasteiger partial charge in [-0.3, -0.25) is 0 Å². The van der Waals surface area contributed by atoms with Gasteiger partial charge in [-0.05, 0) is 30.5 Å². The molecule has 0 radical (unpaired) electrons. The summed E-state index contributed by atoms with van der Waals surface area (Å²) in [5.41, 5.74) is -1.86. The van der Waals surface area contributed by atoms with E-state index >= 15 is 0 Å². The quantitative estimate of drug-likeness (QED) is 0.703. The lowest BCUT2D eigenvalue weighted by molar-refractivity contribution is -0.141. The highest BCUT2D eigenvalue weighted by Gasteiger charge is 2.40. The summed E-state index contributed by atoms with van der Waals surface area (Å²) in [7, 11) is 0. The number of carbonyl (C=O) groups excluding carboxylic acids is 1. The summed E-state index contributed by atoms with van der Waals surface area (Å²) in [4.78, 5) is 11.9. The maximum Gasteiger partial charge on any atom is 0.436 e. The number of carbonyl (C=O) groups is 1. The molecule has 2 aromatic rings. The largest absolute Gasteiger partial charge is 0.492 e. The van der Waals surface area contributed by atoms with Crippen LogP contribution in [0.4, 0.5) is 13.2 Å². The first-order valence-electron chi connectivity index (χ1n) is 8.47. The third-order valence-corrected chi connectivity index (χ3v) is 3.49. The SMILES string of the molecule is CCOC(=O)c1cn(-c2ccc(OCC(C)(C)C)c(C#N)c2)nc1C(F)(F)F. The molecular weight excluding hydrogens is 375 g/mol. The first-order valence-corrected chi connectivity index (χ1v) is 8.47. The number of benzene rings is 1. The number of halogens is 3. The molecule has 0 unspecified atom stereocenters. The van der Waals surface area contributed by atoms with Crippen LogP contribution >= 0.6 is 0 Å². The fourth-order valence-corrected chi connectivity index (χ4v) is 2.24. The first-order chi connectivity index (χ1) is 13.0. The minimum Gasteiger partial charge on any atom is -0.492 e. The van der Waals surface area contributed by atoms with Crippen LogP contribution in [0, 0.1) is 16.7 Å². The van der Waals surface area contributed by atoms with E-state index < -0.39 is 23.4 Å². The predicted molar refractivity (Wildman–Crippen MR) is 94.2 cm³/mol. The van der Waals surface area contributed by atoms with E-state index in [0.29, 0.717) is 12.4 Å². The number of aromatic nitrogens is 2. The Kier molecular flexibility index (Phi) is 6.02. The minimum atomic E-state index is -4.83. The van der Waals surface area contributed by atoms with Crippen molar-refractivity contribution in [2.75, 3.05) is 13.2 Å². The number of hydrogen-bond acceptors (Lipinski definition) is 5. The van der Waals surface area contributed by atoms with Gasteiger partial charge in [0.05, 0.1) is 24.5 Å². The molecule has 0 fully saturated rings. The first kappa shape index (κ1) is 21.3. The number of nitrogens with zero attached hydrogens (tertiary/aromatic N) is 3. The Bertz CT molecular complexity index is 906. The number of nitriles is 1. The summed E-state index contributed by atoms with van der Waals surface area (Å²) < 4.78 is 50.9. The van der Waals surface area contributed by atoms with E-state index in [-0.39, 0.29) is 23.3 Å². The molecule has 0 aliphatic rings. The molecule has 9 heteroatoms. The third-order valence-electron chi connectivity index (χ3n) is 3.49. The van der Waals surface area contributed by atoms with Crippen LogP contribution < -0.4 is 4.74 Å². The van der Waals surface area contributed by atoms with Crippen molar-refractivity contribution in [2.24, 2.45) is 5.41 Å². The Morgan fingerprint density at radius 2 is 1.96 bits per heavy atom. The molecule has 0 amide bonds. The molecule has 1 aromatic heterocycles. The Morgan fingerprint density at radius 3 is 2.50 bits per heavy atom. The second-order valence-electron chi connectivity index (χ2n) is 7.20. The normalized spacial score (nSPS) is 11.8. The van der Waals surface area contributed by atoms with Crippen molar-refractivity contribution in [1.29, 1.82) is 5.26 Å². The third kappa shape index (κ3) is 5.03. The van der Waals surface area contributed by atoms with E-state index in [4.69, 9.17) is 4.74 Å². The van der Waals surface area contributed by atoms with Gasteiger partial charge < -0.3 is 9.47 Å². The highest BCUT2D eigenvalue weighted by atomic mass is 19.4. The molecule has 1 heterocycles. The van der Waals surface area contributed by atoms with Gasteiger partial charge in [-0.1, -0.05) is 20.8 Å². The molecule has 2 rings (SSSR count). The second kappa shape index (κ2) is 7.92. The van der Waals surface area contributed by atoms with Crippen molar-refractivity contribution < 1.29 is 27.4 Å². The molecule has 6 nitrogen and oxygen atoms in total. The van der Waals surface area contributed by atoms with Gasteiger partial charge in [0.2, 0.25) is 0 Å². The topological polar surface area (TPSA) is 77.1 Å². The maximum absolute atomic E-state index is 13.2. The highest BCUT2D eigenvalue weighted by Crippen LogP contribution is 2.32. The van der Waals surface area contributed by atoms with Crippen molar-refractivity contribution in [3.63, 3.8) is 0 Å². The summed E-state index contributed by atoms with van der Waals surface area (Å²) in [6, 6.07) is 6.25. The number of hydrogen-bond donors (Lipinski definition) is 0. The summed E-state index contributed by atoms with van der Waals surface area (Å²) in [6.45, 7) is 7.67. The highest BCUT2D eigenvalue weighted by molar-refractivity contribution is 5.90. The number of esters is 1. The van der Waals surface area contributed by atoms with Crippen LogP contribution in [0.3, 0.4) is 0 Å². The summed E-state index contributed by atoms with van der Waals surface area (Å²) in [5, 5.41) is 12.8. The summed E-state index contributed by atoms with van der Waals surface area (Å²) in [6.07, 6.45) is -3.89. The molecule has 0 aliphatic heterocycles. The fraction of sp³-hybridized carbons (Fsp3) is 0.421. The molecule has 28 heavy (non-hydrogen) atoms. The van der Waals surface area contributed by atoms with Gasteiger partial charge in [0, 0.05) is 6.20 Å². The predicted octanol–water partition coefficient (Wildman–Crippen LogP) is 4.36. The molecule has 0 bridgehead atoms. The Balaban J connectivity index is 2.45. The zero-order chi connectivity index (χ0) is 21.1. The average molecular weight is 395 g/mol. The summed E-state index contributed by atoms with van der Waals surface area (Å²) >= 11 is 0. The van der Waals surface area contributed by atoms with Crippen LogP contribution in [-0.4, -0.2) is 29.0 Å². The lowest BCUT2D eigenvalue weighted by atomic mass is 9.98. The standard InChI is InChI=1S/C19H20F3N3O3/c1-5-27-17(26)14-10-25(24-16(14)19(20,21)22)13-6-7-15(12(8-13)9-23)28-11-18(2,3)4/h6-8,10H,5,11H2,1-4H3. The Hall–Kier alpha value is -3.02. The molecule has 0 aliphatic carbocycles. The molecule has 150 valence electrons. The van der Waals surface area contributed by atoms with E-state index in [1.165, 1.54) is 25.1 Å². The van der Waals surface area contributed by atoms with Gasteiger partial charge in [0.15, 0.2) is 5.69 Å². The van der Waals surface area contributed by atoms with Gasteiger partial charge in [-0.15, -0.1) is 0 Å². The van der Waals surface area contributed by atoms with Crippen LogP contribution in [0.15, 0.2) is 24.4 Å². The lowest BCUT2D eigenvalue weighted by Crippen LogP contribution is -2.17. The van der Waals surface area contributed by atoms with Crippen molar-refractivity contribution in [2.45, 2.75) is 33.9 Å². The zero-order valence-electron chi connectivity index (χ0n) is 15.9. The van der Waals surface area contributed by atoms with E-state index in [0.717, 1.165) is 10.9 Å². The van der Waals surface area contributed by atoms with Crippen molar-refractivity contribution in [1.82, 2.24) is 9.78 Å². The summed E-state index contributed by atoms with van der Waals surface area (Å²) in [5.74, 6) is -0.804. The zero-order valence-corrected chi connectivity index (χ0v) is 15.9. The van der Waals surface area contributed by atoms with Crippen LogP contribution in [0.1, 0.15) is 49.3 Å². The van der Waals surface area contributed by atoms with E-state index in [2.05, 4.69) is 9.84 Å². The van der Waals surface area contributed by atoms with Crippen LogP contribution in [0.2, 0.25) is 0 Å². The van der Waals surface area contributed by atoms with Crippen LogP contribution in [0.5, 0.6) is 5.75 Å². The van der Waals surface area contributed by atoms with Gasteiger partial charge >= 0.3 is 12.1 Å². The molecule has 0 atom stereocenters. The van der Waals surface area contributed by atoms with Crippen molar-refractivity contribution in [3.05, 3.63) is 41.2 Å². The van der Waals surface area contributed by atoms with Crippen LogP contribution in [-0.2, 0) is 10.9 Å². The van der Waals surface area contributed by atoms with E-state index in [1.807, 2.05) is 26.8 Å².